The van der Waals surface area contributed by atoms with E-state index < -0.39 is 11.4 Å². The second-order valence-corrected chi connectivity index (χ2v) is 9.88. The lowest BCUT2D eigenvalue weighted by atomic mass is 10.00. The second kappa shape index (κ2) is 10.5. The van der Waals surface area contributed by atoms with Gasteiger partial charge in [0, 0.05) is 18.2 Å². The highest BCUT2D eigenvalue weighted by Crippen LogP contribution is 2.31. The van der Waals surface area contributed by atoms with E-state index >= 15 is 0 Å². The molecular formula is C28H28N4O2S. The molecule has 2 atom stereocenters. The molecule has 6 nitrogen and oxygen atoms in total. The smallest absolute Gasteiger partial charge is 0.269 e. The van der Waals surface area contributed by atoms with Crippen molar-refractivity contribution >= 4 is 17.3 Å². The normalized spacial score (nSPS) is 18.1. The van der Waals surface area contributed by atoms with E-state index in [1.54, 1.807) is 0 Å². The van der Waals surface area contributed by atoms with Gasteiger partial charge in [-0.25, -0.2) is 4.98 Å². The molecule has 1 aliphatic rings. The van der Waals surface area contributed by atoms with Gasteiger partial charge in [-0.1, -0.05) is 60.7 Å². The third-order valence-electron chi connectivity index (χ3n) is 6.09. The molecule has 1 aromatic heterocycles. The van der Waals surface area contributed by atoms with E-state index in [0.29, 0.717) is 17.3 Å². The molecule has 0 spiro atoms. The van der Waals surface area contributed by atoms with Crippen molar-refractivity contribution in [2.45, 2.75) is 31.3 Å². The lowest BCUT2D eigenvalue weighted by Gasteiger charge is -2.21. The molecule has 0 radical (unpaired) electrons. The van der Waals surface area contributed by atoms with Crippen molar-refractivity contribution in [3.8, 4) is 17.1 Å². The number of hydrogen-bond acceptors (Lipinski definition) is 6. The van der Waals surface area contributed by atoms with Crippen LogP contribution in [0.3, 0.4) is 0 Å². The fourth-order valence-electron chi connectivity index (χ4n) is 4.34. The molecule has 35 heavy (non-hydrogen) atoms. The van der Waals surface area contributed by atoms with Crippen molar-refractivity contribution in [2.24, 2.45) is 0 Å². The zero-order chi connectivity index (χ0) is 24.2. The van der Waals surface area contributed by atoms with Gasteiger partial charge in [0.05, 0.1) is 5.69 Å². The van der Waals surface area contributed by atoms with Crippen molar-refractivity contribution in [1.29, 1.82) is 0 Å². The maximum Gasteiger partial charge on any atom is 0.269 e. The van der Waals surface area contributed by atoms with Crippen LogP contribution in [-0.4, -0.2) is 27.6 Å². The van der Waals surface area contributed by atoms with Crippen LogP contribution in [0.25, 0.3) is 11.3 Å². The number of nitrogens with one attached hydrogen (secondary N) is 2. The number of fused-ring (bicyclic) bond motifs is 4. The number of nitrogens with zero attached hydrogens (tertiary/aromatic N) is 2. The van der Waals surface area contributed by atoms with E-state index in [4.69, 9.17) is 9.72 Å². The van der Waals surface area contributed by atoms with Crippen LogP contribution < -0.4 is 14.8 Å². The van der Waals surface area contributed by atoms with Gasteiger partial charge in [-0.3, -0.25) is 0 Å². The summed E-state index contributed by atoms with van der Waals surface area (Å²) in [6.07, 6.45) is 0.579. The van der Waals surface area contributed by atoms with Crippen molar-refractivity contribution in [1.82, 2.24) is 15.3 Å². The molecule has 7 heteroatoms. The molecule has 3 aromatic carbocycles. The molecule has 0 aliphatic carbocycles. The number of ether oxygens (including phenoxy) is 1. The summed E-state index contributed by atoms with van der Waals surface area (Å²) >= 11 is -1.51. The second-order valence-electron chi connectivity index (χ2n) is 8.67. The zero-order valence-corrected chi connectivity index (χ0v) is 20.6. The Bertz CT molecular complexity index is 1300. The Morgan fingerprint density at radius 2 is 1.69 bits per heavy atom. The highest BCUT2D eigenvalue weighted by atomic mass is 32.2. The van der Waals surface area contributed by atoms with Crippen LogP contribution in [0.15, 0.2) is 83.8 Å². The van der Waals surface area contributed by atoms with E-state index in [1.165, 1.54) is 0 Å². The maximum absolute atomic E-state index is 13.2. The molecule has 1 aliphatic heterocycles. The van der Waals surface area contributed by atoms with Crippen LogP contribution in [0.5, 0.6) is 5.88 Å². The van der Waals surface area contributed by atoms with Gasteiger partial charge < -0.3 is 14.6 Å². The third-order valence-corrected chi connectivity index (χ3v) is 7.14. The molecule has 1 unspecified atom stereocenters. The summed E-state index contributed by atoms with van der Waals surface area (Å²) in [5, 5.41) is 3.52. The summed E-state index contributed by atoms with van der Waals surface area (Å²) in [6, 6.07) is 25.9. The van der Waals surface area contributed by atoms with E-state index in [-0.39, 0.29) is 12.1 Å². The van der Waals surface area contributed by atoms with E-state index in [0.717, 1.165) is 46.5 Å². The molecule has 4 aromatic rings. The molecule has 178 valence electrons. The topological polar surface area (TPSA) is 82.1 Å². The maximum atomic E-state index is 13.2. The predicted molar refractivity (Wildman–Crippen MR) is 140 cm³/mol. The van der Waals surface area contributed by atoms with Gasteiger partial charge in [-0.15, -0.1) is 0 Å². The Labute approximate surface area is 209 Å². The summed E-state index contributed by atoms with van der Waals surface area (Å²) in [7, 11) is 0. The van der Waals surface area contributed by atoms with Crippen LogP contribution in [0.4, 0.5) is 5.95 Å². The number of benzene rings is 3. The summed E-state index contributed by atoms with van der Waals surface area (Å²) < 4.78 is 22.6. The van der Waals surface area contributed by atoms with Crippen LogP contribution in [0, 0.1) is 13.8 Å². The fourth-order valence-corrected chi connectivity index (χ4v) is 5.18. The van der Waals surface area contributed by atoms with Crippen molar-refractivity contribution in [3.05, 3.63) is 101 Å². The molecular weight excluding hydrogens is 456 g/mol. The first-order valence-electron chi connectivity index (χ1n) is 11.7. The quantitative estimate of drug-likeness (QED) is 0.383. The largest absolute Gasteiger partial charge is 0.588 e. The van der Waals surface area contributed by atoms with E-state index in [1.807, 2.05) is 48.5 Å². The van der Waals surface area contributed by atoms with Gasteiger partial charge in [-0.2, -0.15) is 9.71 Å². The molecule has 2 N–H and O–H groups in total. The molecule has 0 amide bonds. The summed E-state index contributed by atoms with van der Waals surface area (Å²) in [5.41, 5.74) is 6.12. The first-order chi connectivity index (χ1) is 17.1. The molecule has 0 saturated carbocycles. The van der Waals surface area contributed by atoms with Gasteiger partial charge in [0.25, 0.3) is 5.95 Å². The highest BCUT2D eigenvalue weighted by Gasteiger charge is 2.21. The van der Waals surface area contributed by atoms with Gasteiger partial charge in [0.15, 0.2) is 4.90 Å². The number of aromatic nitrogens is 2. The first kappa shape index (κ1) is 23.4. The number of hydrogen-bond donors (Lipinski definition) is 2. The minimum absolute atomic E-state index is 0.246. The summed E-state index contributed by atoms with van der Waals surface area (Å²) in [5.74, 6) is 0.694. The van der Waals surface area contributed by atoms with Gasteiger partial charge >= 0.3 is 0 Å². The van der Waals surface area contributed by atoms with Gasteiger partial charge in [0.1, 0.15) is 17.5 Å². The lowest BCUT2D eigenvalue weighted by molar-refractivity contribution is 0.194. The average molecular weight is 485 g/mol. The predicted octanol–water partition coefficient (Wildman–Crippen LogP) is 5.16. The highest BCUT2D eigenvalue weighted by molar-refractivity contribution is 7.92. The molecule has 4 bridgehead atoms. The van der Waals surface area contributed by atoms with Crippen LogP contribution in [0.2, 0.25) is 0 Å². The van der Waals surface area contributed by atoms with E-state index in [2.05, 4.69) is 59.2 Å². The monoisotopic (exact) mass is 484 g/mol. The SMILES string of the molecule is Cc1cccc(C)c1-c1cc2nc(n1)N[S+]([O-])c1cccc(c1)CCNC[C@H](c1ccccc1)O2. The number of anilines is 1. The Morgan fingerprint density at radius 3 is 2.49 bits per heavy atom. The minimum atomic E-state index is -1.51. The first-order valence-corrected chi connectivity index (χ1v) is 12.9. The van der Waals surface area contributed by atoms with Crippen molar-refractivity contribution in [3.63, 3.8) is 0 Å². The van der Waals surface area contributed by atoms with E-state index in [9.17, 15) is 4.55 Å². The van der Waals surface area contributed by atoms with Crippen molar-refractivity contribution in [2.75, 3.05) is 17.8 Å². The summed E-state index contributed by atoms with van der Waals surface area (Å²) in [4.78, 5) is 10.0. The number of rotatable bonds is 2. The van der Waals surface area contributed by atoms with Crippen molar-refractivity contribution < 1.29 is 9.29 Å². The zero-order valence-electron chi connectivity index (χ0n) is 19.8. The van der Waals surface area contributed by atoms with Gasteiger partial charge in [-0.05, 0) is 61.2 Å². The van der Waals surface area contributed by atoms with Crippen LogP contribution in [0.1, 0.15) is 28.4 Å². The Hall–Kier alpha value is -3.39. The standard InChI is InChI=1S/C28H28N4O2S/c1-19-8-6-9-20(2)27(19)24-17-26-31-28(30-24)32-35(33)23-13-7-10-21(16-23)14-15-29-18-25(34-26)22-11-4-3-5-12-22/h3-13,16-17,25,29H,14-15,18H2,1-2H3,(H,30,31,32)/t25-,35?/m1/s1. The van der Waals surface area contributed by atoms with Gasteiger partial charge in [0.2, 0.25) is 5.88 Å². The minimum Gasteiger partial charge on any atom is -0.588 e. The van der Waals surface area contributed by atoms with Crippen LogP contribution in [-0.2, 0) is 17.8 Å². The molecule has 0 saturated heterocycles. The third kappa shape index (κ3) is 5.48. The van der Waals surface area contributed by atoms with Crippen LogP contribution >= 0.6 is 0 Å². The molecule has 5 rings (SSSR count). The Kier molecular flexibility index (Phi) is 6.99. The number of aryl methyl sites for hydroxylation is 2. The summed E-state index contributed by atoms with van der Waals surface area (Å²) in [6.45, 7) is 5.52. The fraction of sp³-hybridized carbons (Fsp3) is 0.214. The lowest BCUT2D eigenvalue weighted by Crippen LogP contribution is -2.27. The Morgan fingerprint density at radius 1 is 0.914 bits per heavy atom. The molecule has 0 fully saturated rings. The Balaban J connectivity index is 1.60. The molecule has 2 heterocycles. The average Bonchev–Trinajstić information content (AvgIpc) is 2.86.